The Kier molecular flexibility index (Phi) is 8.71. The third-order valence-electron chi connectivity index (χ3n) is 0.365. The lowest BCUT2D eigenvalue weighted by Crippen LogP contribution is -1.92. The van der Waals surface area contributed by atoms with Gasteiger partial charge in [-0.2, -0.15) is 0 Å². The summed E-state index contributed by atoms with van der Waals surface area (Å²) in [7, 11) is 0. The largest absolute Gasteiger partial charge is 0.478 e. The maximum atomic E-state index is 9.60. The van der Waals surface area contributed by atoms with E-state index in [1.165, 1.54) is 6.92 Å². The van der Waals surface area contributed by atoms with Crippen LogP contribution in [0.15, 0.2) is 12.2 Å². The lowest BCUT2D eigenvalue weighted by atomic mass is 10.4. The summed E-state index contributed by atoms with van der Waals surface area (Å²) in [4.78, 5) is 9.60. The fourth-order valence-corrected chi connectivity index (χ4v) is 0. The van der Waals surface area contributed by atoms with E-state index in [0.29, 0.717) is 0 Å². The van der Waals surface area contributed by atoms with Crippen molar-refractivity contribution in [2.75, 3.05) is 6.73 Å². The van der Waals surface area contributed by atoms with Gasteiger partial charge in [-0.3, -0.25) is 0 Å². The molecule has 4 heteroatoms. The Morgan fingerprint density at radius 3 is 1.89 bits per heavy atom. The summed E-state index contributed by atoms with van der Waals surface area (Å²) in [6, 6.07) is 0. The second-order valence-electron chi connectivity index (χ2n) is 1.27. The minimum Gasteiger partial charge on any atom is -0.478 e. The van der Waals surface area contributed by atoms with Crippen LogP contribution < -0.4 is 5.73 Å². The number of hydrogen-bond acceptors (Lipinski definition) is 3. The van der Waals surface area contributed by atoms with Crippen molar-refractivity contribution in [3.05, 3.63) is 12.2 Å². The van der Waals surface area contributed by atoms with Gasteiger partial charge >= 0.3 is 5.97 Å². The van der Waals surface area contributed by atoms with Crippen LogP contribution in [0.4, 0.5) is 0 Å². The number of aliphatic hydroxyl groups excluding tert-OH is 1. The fourth-order valence-electron chi connectivity index (χ4n) is 0. The highest BCUT2D eigenvalue weighted by atomic mass is 16.4. The molecule has 0 spiro atoms. The first-order chi connectivity index (χ1) is 4.06. The van der Waals surface area contributed by atoms with E-state index >= 15 is 0 Å². The number of nitrogens with two attached hydrogens (primary N) is 1. The number of carboxylic acid groups (broad SMARTS) is 1. The van der Waals surface area contributed by atoms with Gasteiger partial charge in [0.2, 0.25) is 0 Å². The first-order valence-corrected chi connectivity index (χ1v) is 2.26. The number of rotatable bonds is 1. The molecule has 0 aliphatic heterocycles. The molecule has 4 nitrogen and oxygen atoms in total. The van der Waals surface area contributed by atoms with Crippen LogP contribution in [0.5, 0.6) is 0 Å². The normalized spacial score (nSPS) is 7.00. The quantitative estimate of drug-likeness (QED) is 0.334. The van der Waals surface area contributed by atoms with Crippen molar-refractivity contribution in [1.82, 2.24) is 0 Å². The van der Waals surface area contributed by atoms with Crippen LogP contribution in [-0.2, 0) is 4.79 Å². The Morgan fingerprint density at radius 1 is 1.78 bits per heavy atom. The Balaban J connectivity index is 0. The molecule has 0 aliphatic rings. The molecule has 54 valence electrons. The Hall–Kier alpha value is -0.870. The molecule has 0 fully saturated rings. The van der Waals surface area contributed by atoms with Crippen LogP contribution >= 0.6 is 0 Å². The zero-order valence-electron chi connectivity index (χ0n) is 5.29. The van der Waals surface area contributed by atoms with E-state index in [4.69, 9.17) is 10.2 Å². The smallest absolute Gasteiger partial charge is 0.330 e. The van der Waals surface area contributed by atoms with Crippen LogP contribution in [0.3, 0.4) is 0 Å². The first kappa shape index (κ1) is 11.0. The predicted molar refractivity (Wildman–Crippen MR) is 33.7 cm³/mol. The molecule has 0 rings (SSSR count). The van der Waals surface area contributed by atoms with Crippen molar-refractivity contribution in [2.45, 2.75) is 6.92 Å². The second-order valence-corrected chi connectivity index (χ2v) is 1.27. The van der Waals surface area contributed by atoms with Crippen molar-refractivity contribution in [3.63, 3.8) is 0 Å². The molecule has 0 heterocycles. The lowest BCUT2D eigenvalue weighted by molar-refractivity contribution is -0.132. The first-order valence-electron chi connectivity index (χ1n) is 2.26. The number of carbonyl (C=O) groups is 1. The van der Waals surface area contributed by atoms with Crippen LogP contribution in [0, 0.1) is 0 Å². The number of hydrogen-bond donors (Lipinski definition) is 3. The molecular formula is C5H11NO3. The molecule has 0 saturated heterocycles. The minimum absolute atomic E-state index is 0.176. The van der Waals surface area contributed by atoms with Crippen molar-refractivity contribution >= 4 is 5.97 Å². The molecule has 0 unspecified atom stereocenters. The zero-order valence-corrected chi connectivity index (χ0v) is 5.29. The average Bonchev–Trinajstić information content (AvgIpc) is 1.68. The van der Waals surface area contributed by atoms with E-state index in [2.05, 4.69) is 12.3 Å². The van der Waals surface area contributed by atoms with Gasteiger partial charge in [0.05, 0.1) is 6.73 Å². The average molecular weight is 133 g/mol. The number of aliphatic carboxylic acids is 1. The van der Waals surface area contributed by atoms with Crippen molar-refractivity contribution in [2.24, 2.45) is 5.73 Å². The summed E-state index contributed by atoms with van der Waals surface area (Å²) in [5, 5.41) is 15.2. The van der Waals surface area contributed by atoms with Gasteiger partial charge in [0.25, 0.3) is 0 Å². The Bertz CT molecular complexity index is 88.4. The third kappa shape index (κ3) is 19.2. The third-order valence-corrected chi connectivity index (χ3v) is 0.365. The SMILES string of the molecule is C=C(C)C(=O)O.NCO. The van der Waals surface area contributed by atoms with Crippen LogP contribution in [0.2, 0.25) is 0 Å². The van der Waals surface area contributed by atoms with Gasteiger partial charge in [0.15, 0.2) is 0 Å². The summed E-state index contributed by atoms with van der Waals surface area (Å²) >= 11 is 0. The Labute approximate surface area is 53.6 Å². The van der Waals surface area contributed by atoms with Crippen molar-refractivity contribution < 1.29 is 15.0 Å². The van der Waals surface area contributed by atoms with E-state index in [1.807, 2.05) is 0 Å². The van der Waals surface area contributed by atoms with Crippen LogP contribution in [-0.4, -0.2) is 22.9 Å². The molecule has 0 aromatic heterocycles. The van der Waals surface area contributed by atoms with Crippen LogP contribution in [0.25, 0.3) is 0 Å². The molecule has 0 aromatic carbocycles. The van der Waals surface area contributed by atoms with Gasteiger partial charge in [0, 0.05) is 5.57 Å². The summed E-state index contributed by atoms with van der Waals surface area (Å²) in [6.07, 6.45) is 0. The van der Waals surface area contributed by atoms with Gasteiger partial charge < -0.3 is 15.9 Å². The topological polar surface area (TPSA) is 83.5 Å². The minimum atomic E-state index is -0.935. The molecule has 0 bridgehead atoms. The van der Waals surface area contributed by atoms with Gasteiger partial charge in [-0.25, -0.2) is 4.79 Å². The summed E-state index contributed by atoms with van der Waals surface area (Å²) in [5.74, 6) is -0.935. The molecule has 9 heavy (non-hydrogen) atoms. The van der Waals surface area contributed by atoms with Crippen molar-refractivity contribution in [1.29, 1.82) is 0 Å². The highest BCUT2D eigenvalue weighted by molar-refractivity contribution is 5.84. The molecule has 4 N–H and O–H groups in total. The molecule has 0 radical (unpaired) electrons. The molecule has 0 atom stereocenters. The highest BCUT2D eigenvalue weighted by Gasteiger charge is 1.90. The lowest BCUT2D eigenvalue weighted by Gasteiger charge is -1.79. The highest BCUT2D eigenvalue weighted by Crippen LogP contribution is 1.81. The summed E-state index contributed by atoms with van der Waals surface area (Å²) in [6.45, 7) is 4.35. The van der Waals surface area contributed by atoms with E-state index in [0.717, 1.165) is 0 Å². The molecular weight excluding hydrogens is 122 g/mol. The monoisotopic (exact) mass is 133 g/mol. The van der Waals surface area contributed by atoms with E-state index in [9.17, 15) is 4.79 Å². The molecule has 0 amide bonds. The van der Waals surface area contributed by atoms with E-state index in [-0.39, 0.29) is 12.3 Å². The number of carboxylic acids is 1. The summed E-state index contributed by atoms with van der Waals surface area (Å²) < 4.78 is 0. The van der Waals surface area contributed by atoms with E-state index < -0.39 is 5.97 Å². The standard InChI is InChI=1S/C4H6O2.CH5NO/c1-3(2)4(5)6;2-1-3/h1H2,2H3,(H,5,6);3H,1-2H2. The fraction of sp³-hybridized carbons (Fsp3) is 0.400. The second kappa shape index (κ2) is 7.13. The molecule has 0 saturated carbocycles. The maximum Gasteiger partial charge on any atom is 0.330 e. The van der Waals surface area contributed by atoms with Crippen LogP contribution in [0.1, 0.15) is 6.92 Å². The maximum absolute atomic E-state index is 9.60. The zero-order chi connectivity index (χ0) is 7.86. The van der Waals surface area contributed by atoms with E-state index in [1.54, 1.807) is 0 Å². The van der Waals surface area contributed by atoms with Gasteiger partial charge in [-0.15, -0.1) is 0 Å². The molecule has 0 aliphatic carbocycles. The number of aliphatic hydroxyl groups is 1. The molecule has 0 aromatic rings. The Morgan fingerprint density at radius 2 is 1.89 bits per heavy atom. The van der Waals surface area contributed by atoms with Gasteiger partial charge in [-0.05, 0) is 6.92 Å². The van der Waals surface area contributed by atoms with Gasteiger partial charge in [-0.1, -0.05) is 6.58 Å². The van der Waals surface area contributed by atoms with Gasteiger partial charge in [0.1, 0.15) is 0 Å². The van der Waals surface area contributed by atoms with Crippen molar-refractivity contribution in [3.8, 4) is 0 Å². The predicted octanol–water partition coefficient (Wildman–Crippen LogP) is -0.458. The summed E-state index contributed by atoms with van der Waals surface area (Å²) in [5.41, 5.74) is 4.58.